The van der Waals surface area contributed by atoms with Gasteiger partial charge in [-0.05, 0) is 78.3 Å². The van der Waals surface area contributed by atoms with E-state index in [9.17, 15) is 19.1 Å². The number of rotatable bonds is 8. The van der Waals surface area contributed by atoms with E-state index in [2.05, 4.69) is 20.6 Å². The molecule has 42 heavy (non-hydrogen) atoms. The predicted molar refractivity (Wildman–Crippen MR) is 142 cm³/mol. The SMILES string of the molecule is C[C@@H](N1CCN(c2ccc(-n3cnnn3)cc2)C1=O)[C@](O)(C[n+]1cn(OC(=O)C(C)(C)C)cn1)c1ccc(F)cc1F. The molecule has 220 valence electrons. The number of amides is 2. The van der Waals surface area contributed by atoms with Crippen molar-refractivity contribution in [2.75, 3.05) is 18.0 Å². The summed E-state index contributed by atoms with van der Waals surface area (Å²) >= 11 is 0. The molecule has 3 heterocycles. The van der Waals surface area contributed by atoms with E-state index < -0.39 is 40.7 Å². The molecule has 4 aromatic rings. The number of tetrazole rings is 1. The number of carbonyl (C=O) groups excluding carboxylic acids is 2. The minimum atomic E-state index is -2.06. The number of hydrogen-bond donors (Lipinski definition) is 1. The quantitative estimate of drug-likeness (QED) is 0.310. The summed E-state index contributed by atoms with van der Waals surface area (Å²) in [5.74, 6) is -2.31. The number of carbonyl (C=O) groups is 2. The number of aliphatic hydroxyl groups is 1. The van der Waals surface area contributed by atoms with E-state index in [1.807, 2.05) is 0 Å². The third-order valence-electron chi connectivity index (χ3n) is 7.14. The zero-order valence-corrected chi connectivity index (χ0v) is 23.4. The van der Waals surface area contributed by atoms with E-state index in [0.717, 1.165) is 16.9 Å². The summed E-state index contributed by atoms with van der Waals surface area (Å²) in [5.41, 5.74) is -1.76. The van der Waals surface area contributed by atoms with E-state index in [-0.39, 0.29) is 18.7 Å². The Morgan fingerprint density at radius 3 is 2.45 bits per heavy atom. The fourth-order valence-corrected chi connectivity index (χ4v) is 4.68. The van der Waals surface area contributed by atoms with Crippen molar-refractivity contribution in [3.63, 3.8) is 0 Å². The summed E-state index contributed by atoms with van der Waals surface area (Å²) in [6, 6.07) is 8.46. The van der Waals surface area contributed by atoms with Crippen LogP contribution in [0.1, 0.15) is 33.3 Å². The Hall–Kier alpha value is -4.79. The largest absolute Gasteiger partial charge is 0.379 e. The van der Waals surface area contributed by atoms with Gasteiger partial charge in [-0.1, -0.05) is 6.07 Å². The average molecular weight is 583 g/mol. The number of aromatic nitrogens is 7. The van der Waals surface area contributed by atoms with Gasteiger partial charge >= 0.3 is 18.3 Å². The van der Waals surface area contributed by atoms with Gasteiger partial charge < -0.3 is 10.0 Å². The Bertz CT molecular complexity index is 1590. The first-order chi connectivity index (χ1) is 19.9. The van der Waals surface area contributed by atoms with Gasteiger partial charge in [-0.15, -0.1) is 9.78 Å². The Labute approximate surface area is 239 Å². The summed E-state index contributed by atoms with van der Waals surface area (Å²) in [6.07, 6.45) is 3.98. The molecular formula is C27H30F2N9O4+. The molecule has 2 aromatic carbocycles. The molecule has 1 saturated heterocycles. The monoisotopic (exact) mass is 582 g/mol. The van der Waals surface area contributed by atoms with Gasteiger partial charge in [0.15, 0.2) is 5.60 Å². The number of benzene rings is 2. The number of hydrogen-bond acceptors (Lipinski definition) is 8. The summed E-state index contributed by atoms with van der Waals surface area (Å²) in [4.78, 5) is 34.2. The second-order valence-electron chi connectivity index (χ2n) is 11.1. The molecule has 0 bridgehead atoms. The number of anilines is 1. The smallest absolute Gasteiger partial charge is 0.363 e. The molecule has 1 aliphatic rings. The second kappa shape index (κ2) is 10.9. The molecule has 0 spiro atoms. The molecule has 1 fully saturated rings. The fourth-order valence-electron chi connectivity index (χ4n) is 4.68. The lowest BCUT2D eigenvalue weighted by molar-refractivity contribution is -0.766. The lowest BCUT2D eigenvalue weighted by Gasteiger charge is -2.38. The highest BCUT2D eigenvalue weighted by molar-refractivity contribution is 5.94. The third kappa shape index (κ3) is 5.54. The van der Waals surface area contributed by atoms with Crippen molar-refractivity contribution in [1.82, 2.24) is 34.9 Å². The van der Waals surface area contributed by atoms with Crippen molar-refractivity contribution < 1.29 is 33.0 Å². The van der Waals surface area contributed by atoms with E-state index in [0.29, 0.717) is 24.0 Å². The van der Waals surface area contributed by atoms with Crippen LogP contribution in [0.25, 0.3) is 5.69 Å². The third-order valence-corrected chi connectivity index (χ3v) is 7.14. The van der Waals surface area contributed by atoms with Crippen LogP contribution in [-0.2, 0) is 16.9 Å². The van der Waals surface area contributed by atoms with Crippen molar-refractivity contribution in [3.8, 4) is 5.69 Å². The van der Waals surface area contributed by atoms with Crippen molar-refractivity contribution >= 4 is 17.7 Å². The summed E-state index contributed by atoms with van der Waals surface area (Å²) in [7, 11) is 0. The maximum absolute atomic E-state index is 15.2. The first-order valence-electron chi connectivity index (χ1n) is 13.1. The topological polar surface area (TPSA) is 135 Å². The number of nitrogens with zero attached hydrogens (tertiary/aromatic N) is 9. The van der Waals surface area contributed by atoms with Gasteiger partial charge in [0.05, 0.1) is 17.1 Å². The van der Waals surface area contributed by atoms with Gasteiger partial charge in [0, 0.05) is 30.4 Å². The molecule has 2 aromatic heterocycles. The first-order valence-corrected chi connectivity index (χ1v) is 13.1. The lowest BCUT2D eigenvalue weighted by atomic mass is 9.85. The van der Waals surface area contributed by atoms with E-state index in [1.165, 1.54) is 38.1 Å². The highest BCUT2D eigenvalue weighted by Crippen LogP contribution is 2.34. The van der Waals surface area contributed by atoms with Gasteiger partial charge in [-0.2, -0.15) is 0 Å². The second-order valence-corrected chi connectivity index (χ2v) is 11.1. The van der Waals surface area contributed by atoms with Crippen molar-refractivity contribution in [1.29, 1.82) is 0 Å². The minimum Gasteiger partial charge on any atom is -0.379 e. The Balaban J connectivity index is 1.41. The molecule has 1 aliphatic heterocycles. The summed E-state index contributed by atoms with van der Waals surface area (Å²) in [6.45, 7) is 6.84. The van der Waals surface area contributed by atoms with Crippen LogP contribution >= 0.6 is 0 Å². The van der Waals surface area contributed by atoms with Gasteiger partial charge in [-0.3, -0.25) is 9.74 Å². The molecule has 5 rings (SSSR count). The van der Waals surface area contributed by atoms with E-state index in [1.54, 1.807) is 52.0 Å². The Kier molecular flexibility index (Phi) is 7.45. The molecule has 0 unspecified atom stereocenters. The molecule has 1 N–H and O–H groups in total. The van der Waals surface area contributed by atoms with Crippen LogP contribution in [0.4, 0.5) is 19.3 Å². The molecule has 0 saturated carbocycles. The van der Waals surface area contributed by atoms with Gasteiger partial charge in [0.1, 0.15) is 24.5 Å². The van der Waals surface area contributed by atoms with Crippen LogP contribution in [0, 0.1) is 17.0 Å². The van der Waals surface area contributed by atoms with Crippen LogP contribution in [0.15, 0.2) is 61.4 Å². The van der Waals surface area contributed by atoms with Crippen LogP contribution in [0.3, 0.4) is 0 Å². The number of urea groups is 1. The maximum atomic E-state index is 15.2. The molecule has 13 nitrogen and oxygen atoms in total. The minimum absolute atomic E-state index is 0.220. The average Bonchev–Trinajstić information content (AvgIpc) is 3.70. The summed E-state index contributed by atoms with van der Waals surface area (Å²) in [5, 5.41) is 27.3. The van der Waals surface area contributed by atoms with Gasteiger partial charge in [0.2, 0.25) is 0 Å². The molecule has 2 atom stereocenters. The van der Waals surface area contributed by atoms with Crippen LogP contribution in [0.2, 0.25) is 0 Å². The van der Waals surface area contributed by atoms with E-state index in [4.69, 9.17) is 4.84 Å². The van der Waals surface area contributed by atoms with Gasteiger partial charge in [-0.25, -0.2) is 23.1 Å². The van der Waals surface area contributed by atoms with E-state index >= 15 is 4.39 Å². The van der Waals surface area contributed by atoms with Crippen molar-refractivity contribution in [3.05, 3.63) is 78.6 Å². The van der Waals surface area contributed by atoms with Crippen molar-refractivity contribution in [2.24, 2.45) is 5.41 Å². The zero-order valence-electron chi connectivity index (χ0n) is 23.4. The van der Waals surface area contributed by atoms with Crippen LogP contribution < -0.4 is 14.4 Å². The zero-order chi connectivity index (χ0) is 30.2. The van der Waals surface area contributed by atoms with Crippen LogP contribution in [0.5, 0.6) is 0 Å². The molecule has 0 aliphatic carbocycles. The predicted octanol–water partition coefficient (Wildman–Crippen LogP) is 1.64. The lowest BCUT2D eigenvalue weighted by Crippen LogP contribution is -2.58. The first kappa shape index (κ1) is 28.7. The molecule has 2 amide bonds. The highest BCUT2D eigenvalue weighted by Gasteiger charge is 2.48. The highest BCUT2D eigenvalue weighted by atomic mass is 19.1. The molecule has 15 heteroatoms. The standard InChI is InChI=1S/C27H30F2N9O4/c1-18(36-11-12-37(25(36)40)20-6-8-21(9-7-20)38-15-30-32-33-38)27(41,22-10-5-19(28)13-23(22)29)14-34-17-35(16-31-34)42-24(39)26(2,3)4/h5-10,13,15-18,41H,11-12,14H2,1-4H3/q+1/t18-,27-/m1/s1. The molecule has 0 radical (unpaired) electrons. The van der Waals surface area contributed by atoms with Gasteiger partial charge in [0.25, 0.3) is 6.33 Å². The fraction of sp³-hybridized carbons (Fsp3) is 0.370. The molecular weight excluding hydrogens is 552 g/mol. The van der Waals surface area contributed by atoms with Crippen LogP contribution in [-0.4, -0.2) is 71.2 Å². The normalized spacial score (nSPS) is 16.0. The number of halogens is 2. The maximum Gasteiger partial charge on any atom is 0.363 e. The van der Waals surface area contributed by atoms with Crippen molar-refractivity contribution in [2.45, 2.75) is 45.9 Å². The Morgan fingerprint density at radius 2 is 1.81 bits per heavy atom. The summed E-state index contributed by atoms with van der Waals surface area (Å²) < 4.78 is 32.8. The Morgan fingerprint density at radius 1 is 1.10 bits per heavy atom.